The van der Waals surface area contributed by atoms with Crippen LogP contribution in [0.25, 0.3) is 16.9 Å². The van der Waals surface area contributed by atoms with Crippen LogP contribution in [-0.4, -0.2) is 61.2 Å². The second-order valence-corrected chi connectivity index (χ2v) is 6.64. The Morgan fingerprint density at radius 3 is 2.66 bits per heavy atom. The number of anilines is 1. The molecule has 1 atom stereocenters. The van der Waals surface area contributed by atoms with Gasteiger partial charge in [0.1, 0.15) is 11.9 Å². The lowest BCUT2D eigenvalue weighted by Gasteiger charge is -2.32. The fourth-order valence-corrected chi connectivity index (χ4v) is 2.73. The molecule has 0 saturated carbocycles. The van der Waals surface area contributed by atoms with Crippen molar-refractivity contribution < 1.29 is 18.0 Å². The molecule has 1 amide bonds. The number of aromatic nitrogens is 6. The van der Waals surface area contributed by atoms with Crippen LogP contribution in [0.3, 0.4) is 0 Å². The molecule has 0 aliphatic carbocycles. The highest BCUT2D eigenvalue weighted by atomic mass is 19.4. The van der Waals surface area contributed by atoms with Gasteiger partial charge in [0.25, 0.3) is 5.91 Å². The summed E-state index contributed by atoms with van der Waals surface area (Å²) in [5.41, 5.74) is 1.22. The van der Waals surface area contributed by atoms with Crippen LogP contribution in [0.2, 0.25) is 0 Å². The number of amides is 1. The predicted octanol–water partition coefficient (Wildman–Crippen LogP) is 1.94. The van der Waals surface area contributed by atoms with Gasteiger partial charge in [-0.05, 0) is 13.3 Å². The summed E-state index contributed by atoms with van der Waals surface area (Å²) in [5.74, 6) is -0.393. The van der Waals surface area contributed by atoms with Crippen LogP contribution in [0, 0.1) is 0 Å². The predicted molar refractivity (Wildman–Crippen MR) is 96.5 cm³/mol. The molecular formula is C17H17F3N8O. The first kappa shape index (κ1) is 18.9. The van der Waals surface area contributed by atoms with Gasteiger partial charge in [-0.25, -0.2) is 14.6 Å². The average Bonchev–Trinajstić information content (AvgIpc) is 3.30. The van der Waals surface area contributed by atoms with Crippen molar-refractivity contribution in [3.05, 3.63) is 36.7 Å². The molecule has 9 nitrogen and oxygen atoms in total. The SMILES string of the molecule is C[C@H](NC(=O)c1ncc(N2CCC2)nc1-n1cc(-c2cn[nH]c2)cn1)C(F)(F)F. The topological polar surface area (TPSA) is 105 Å². The van der Waals surface area contributed by atoms with Crippen molar-refractivity contribution in [2.24, 2.45) is 0 Å². The summed E-state index contributed by atoms with van der Waals surface area (Å²) in [4.78, 5) is 23.0. The Hall–Kier alpha value is -3.44. The van der Waals surface area contributed by atoms with Gasteiger partial charge in [0.2, 0.25) is 0 Å². The van der Waals surface area contributed by atoms with Gasteiger partial charge in [-0.2, -0.15) is 23.4 Å². The maximum absolute atomic E-state index is 12.8. The third-order valence-corrected chi connectivity index (χ3v) is 4.61. The summed E-state index contributed by atoms with van der Waals surface area (Å²) < 4.78 is 39.9. The van der Waals surface area contributed by atoms with Gasteiger partial charge in [0.05, 0.1) is 18.6 Å². The normalized spacial score (nSPS) is 15.1. The minimum absolute atomic E-state index is 0.0519. The Bertz CT molecular complexity index is 1010. The third kappa shape index (κ3) is 3.77. The zero-order valence-corrected chi connectivity index (χ0v) is 15.3. The van der Waals surface area contributed by atoms with Gasteiger partial charge in [0, 0.05) is 36.6 Å². The van der Waals surface area contributed by atoms with E-state index in [0.717, 1.165) is 32.0 Å². The average molecular weight is 406 g/mol. The Morgan fingerprint density at radius 1 is 1.24 bits per heavy atom. The molecule has 0 spiro atoms. The molecule has 2 N–H and O–H groups in total. The van der Waals surface area contributed by atoms with Crippen molar-refractivity contribution in [1.29, 1.82) is 0 Å². The smallest absolute Gasteiger partial charge is 0.355 e. The number of carbonyl (C=O) groups is 1. The number of nitrogens with one attached hydrogen (secondary N) is 2. The van der Waals surface area contributed by atoms with Crippen LogP contribution in [0.15, 0.2) is 31.0 Å². The first-order valence-corrected chi connectivity index (χ1v) is 8.86. The zero-order chi connectivity index (χ0) is 20.6. The lowest BCUT2D eigenvalue weighted by atomic mass is 10.2. The molecule has 1 fully saturated rings. The highest BCUT2D eigenvalue weighted by Crippen LogP contribution is 2.24. The van der Waals surface area contributed by atoms with Crippen molar-refractivity contribution in [2.75, 3.05) is 18.0 Å². The molecule has 12 heteroatoms. The van der Waals surface area contributed by atoms with Crippen LogP contribution < -0.4 is 10.2 Å². The molecule has 1 aliphatic rings. The number of H-pyrrole nitrogens is 1. The number of nitrogens with zero attached hydrogens (tertiary/aromatic N) is 6. The number of hydrogen-bond acceptors (Lipinski definition) is 6. The van der Waals surface area contributed by atoms with E-state index in [9.17, 15) is 18.0 Å². The zero-order valence-electron chi connectivity index (χ0n) is 15.3. The summed E-state index contributed by atoms with van der Waals surface area (Å²) in [6, 6.07) is -2.03. The van der Waals surface area contributed by atoms with Gasteiger partial charge in [0.15, 0.2) is 11.5 Å². The number of carbonyl (C=O) groups excluding carboxylic acids is 1. The maximum Gasteiger partial charge on any atom is 0.408 e. The molecule has 0 unspecified atom stereocenters. The van der Waals surface area contributed by atoms with Crippen LogP contribution in [0.5, 0.6) is 0 Å². The number of alkyl halides is 3. The molecule has 29 heavy (non-hydrogen) atoms. The Morgan fingerprint density at radius 2 is 2.03 bits per heavy atom. The van der Waals surface area contributed by atoms with Crippen LogP contribution in [0.1, 0.15) is 23.8 Å². The molecule has 152 valence electrons. The fraction of sp³-hybridized carbons (Fsp3) is 0.353. The summed E-state index contributed by atoms with van der Waals surface area (Å²) in [6.45, 7) is 2.46. The van der Waals surface area contributed by atoms with Crippen molar-refractivity contribution in [1.82, 2.24) is 35.3 Å². The van der Waals surface area contributed by atoms with Crippen molar-refractivity contribution in [3.63, 3.8) is 0 Å². The van der Waals surface area contributed by atoms with Crippen LogP contribution >= 0.6 is 0 Å². The van der Waals surface area contributed by atoms with Crippen LogP contribution in [-0.2, 0) is 0 Å². The maximum atomic E-state index is 12.8. The Kier molecular flexibility index (Phi) is 4.68. The quantitative estimate of drug-likeness (QED) is 0.671. The standard InChI is InChI=1S/C17H17F3N8O/c1-10(17(18,19)20)25-16(29)14-15(26-13(8-21-14)27-3-2-4-27)28-9-12(7-24-28)11-5-22-23-6-11/h5-10H,2-4H2,1H3,(H,22,23)(H,25,29)/t10-/m0/s1. The van der Waals surface area contributed by atoms with Crippen molar-refractivity contribution in [2.45, 2.75) is 25.6 Å². The van der Waals surface area contributed by atoms with Crippen LogP contribution in [0.4, 0.5) is 19.0 Å². The van der Waals surface area contributed by atoms with E-state index in [0.29, 0.717) is 11.4 Å². The number of aromatic amines is 1. The van der Waals surface area contributed by atoms with Gasteiger partial charge in [-0.3, -0.25) is 9.89 Å². The molecular weight excluding hydrogens is 389 g/mol. The summed E-state index contributed by atoms with van der Waals surface area (Å²) in [6.07, 6.45) is 4.25. The summed E-state index contributed by atoms with van der Waals surface area (Å²) >= 11 is 0. The molecule has 0 bridgehead atoms. The molecule has 0 radical (unpaired) electrons. The van der Waals surface area contributed by atoms with Gasteiger partial charge >= 0.3 is 6.18 Å². The van der Waals surface area contributed by atoms with E-state index in [-0.39, 0.29) is 11.5 Å². The van der Waals surface area contributed by atoms with Crippen molar-refractivity contribution >= 4 is 11.7 Å². The monoisotopic (exact) mass is 406 g/mol. The molecule has 1 aliphatic heterocycles. The molecule has 3 aromatic heterocycles. The summed E-state index contributed by atoms with van der Waals surface area (Å²) in [5, 5.41) is 12.7. The van der Waals surface area contributed by atoms with E-state index in [2.05, 4.69) is 25.3 Å². The number of hydrogen-bond donors (Lipinski definition) is 2. The van der Waals surface area contributed by atoms with Gasteiger partial charge in [-0.1, -0.05) is 0 Å². The minimum atomic E-state index is -4.57. The second-order valence-electron chi connectivity index (χ2n) is 6.64. The highest BCUT2D eigenvalue weighted by molar-refractivity contribution is 5.95. The summed E-state index contributed by atoms with van der Waals surface area (Å²) in [7, 11) is 0. The minimum Gasteiger partial charge on any atom is -0.355 e. The van der Waals surface area contributed by atoms with E-state index >= 15 is 0 Å². The largest absolute Gasteiger partial charge is 0.408 e. The highest BCUT2D eigenvalue weighted by Gasteiger charge is 2.38. The third-order valence-electron chi connectivity index (χ3n) is 4.61. The van der Waals surface area contributed by atoms with E-state index in [4.69, 9.17) is 0 Å². The first-order valence-electron chi connectivity index (χ1n) is 8.86. The van der Waals surface area contributed by atoms with E-state index in [1.54, 1.807) is 24.8 Å². The lowest BCUT2D eigenvalue weighted by Crippen LogP contribution is -2.44. The van der Waals surface area contributed by atoms with Crippen molar-refractivity contribution in [3.8, 4) is 16.9 Å². The molecule has 3 aromatic rings. The first-order chi connectivity index (χ1) is 13.8. The molecule has 0 aromatic carbocycles. The molecule has 1 saturated heterocycles. The van der Waals surface area contributed by atoms with Gasteiger partial charge < -0.3 is 10.2 Å². The van der Waals surface area contributed by atoms with E-state index in [1.165, 1.54) is 10.9 Å². The van der Waals surface area contributed by atoms with E-state index < -0.39 is 18.1 Å². The fourth-order valence-electron chi connectivity index (χ4n) is 2.73. The second kappa shape index (κ2) is 7.18. The number of rotatable bonds is 5. The molecule has 4 heterocycles. The Labute approximate surface area is 163 Å². The number of halogens is 3. The Balaban J connectivity index is 1.71. The van der Waals surface area contributed by atoms with Gasteiger partial charge in [-0.15, -0.1) is 0 Å². The molecule has 4 rings (SSSR count). The van der Waals surface area contributed by atoms with E-state index in [1.807, 2.05) is 10.2 Å². The lowest BCUT2D eigenvalue weighted by molar-refractivity contribution is -0.149.